The maximum atomic E-state index is 13.7. The minimum Gasteiger partial charge on any atom is -0.304 e. The number of benzene rings is 1. The molecule has 0 fully saturated rings. The number of hydrogen-bond acceptors (Lipinski definition) is 2. The van der Waals surface area contributed by atoms with Gasteiger partial charge in [-0.2, -0.15) is 0 Å². The summed E-state index contributed by atoms with van der Waals surface area (Å²) in [7, 11) is 0. The van der Waals surface area contributed by atoms with Gasteiger partial charge in [-0.25, -0.2) is 8.78 Å². The molecule has 20 heavy (non-hydrogen) atoms. The normalized spacial score (nSPS) is 12.4. The molecule has 0 aliphatic heterocycles. The number of nitrogens with one attached hydrogen (secondary N) is 1. The van der Waals surface area contributed by atoms with E-state index in [2.05, 4.69) is 17.2 Å². The van der Waals surface area contributed by atoms with Gasteiger partial charge in [0.25, 0.3) is 0 Å². The summed E-state index contributed by atoms with van der Waals surface area (Å²) in [6.45, 7) is 4.41. The first kappa shape index (κ1) is 14.6. The maximum Gasteiger partial charge on any atom is 0.163 e. The summed E-state index contributed by atoms with van der Waals surface area (Å²) in [6, 6.07) is 7.88. The fraction of sp³-hybridized carbons (Fsp3) is 0.312. The van der Waals surface area contributed by atoms with Gasteiger partial charge in [0, 0.05) is 24.3 Å². The van der Waals surface area contributed by atoms with Crippen LogP contribution in [0.15, 0.2) is 36.5 Å². The van der Waals surface area contributed by atoms with E-state index in [1.807, 2.05) is 19.1 Å². The molecule has 0 bridgehead atoms. The number of halogens is 2. The van der Waals surface area contributed by atoms with Crippen LogP contribution < -0.4 is 5.32 Å². The van der Waals surface area contributed by atoms with Crippen LogP contribution in [0.4, 0.5) is 8.78 Å². The Labute approximate surface area is 117 Å². The Morgan fingerprint density at radius 1 is 1.20 bits per heavy atom. The van der Waals surface area contributed by atoms with Gasteiger partial charge in [0.05, 0.1) is 5.69 Å². The van der Waals surface area contributed by atoms with E-state index in [1.165, 1.54) is 6.07 Å². The van der Waals surface area contributed by atoms with Gasteiger partial charge in [0.15, 0.2) is 11.6 Å². The molecule has 1 atom stereocenters. The highest BCUT2D eigenvalue weighted by atomic mass is 19.2. The van der Waals surface area contributed by atoms with Crippen LogP contribution in [0.25, 0.3) is 0 Å². The fourth-order valence-corrected chi connectivity index (χ4v) is 2.17. The van der Waals surface area contributed by atoms with Crippen LogP contribution in [-0.4, -0.2) is 4.98 Å². The average molecular weight is 276 g/mol. The zero-order valence-corrected chi connectivity index (χ0v) is 11.7. The van der Waals surface area contributed by atoms with Crippen molar-refractivity contribution in [3.05, 3.63) is 65.0 Å². The second kappa shape index (κ2) is 6.57. The van der Waals surface area contributed by atoms with Crippen LogP contribution in [0.3, 0.4) is 0 Å². The molecule has 2 rings (SSSR count). The van der Waals surface area contributed by atoms with E-state index in [0.29, 0.717) is 12.1 Å². The number of nitrogens with zero attached hydrogens (tertiary/aromatic N) is 1. The molecule has 0 aliphatic rings. The van der Waals surface area contributed by atoms with Crippen molar-refractivity contribution in [2.75, 3.05) is 0 Å². The van der Waals surface area contributed by atoms with E-state index in [4.69, 9.17) is 0 Å². The largest absolute Gasteiger partial charge is 0.304 e. The van der Waals surface area contributed by atoms with Gasteiger partial charge >= 0.3 is 0 Å². The second-order valence-electron chi connectivity index (χ2n) is 4.71. The van der Waals surface area contributed by atoms with E-state index >= 15 is 0 Å². The average Bonchev–Trinajstić information content (AvgIpc) is 2.48. The lowest BCUT2D eigenvalue weighted by molar-refractivity contribution is 0.471. The zero-order valence-electron chi connectivity index (χ0n) is 11.7. The van der Waals surface area contributed by atoms with Gasteiger partial charge < -0.3 is 5.32 Å². The van der Waals surface area contributed by atoms with Crippen LogP contribution in [0.1, 0.15) is 36.7 Å². The summed E-state index contributed by atoms with van der Waals surface area (Å²) >= 11 is 0. The van der Waals surface area contributed by atoms with Crippen LogP contribution in [0.2, 0.25) is 0 Å². The molecule has 0 saturated carbocycles. The lowest BCUT2D eigenvalue weighted by atomic mass is 10.1. The Hall–Kier alpha value is -1.81. The van der Waals surface area contributed by atoms with Crippen molar-refractivity contribution in [2.24, 2.45) is 0 Å². The Balaban J connectivity index is 2.09. The molecule has 1 aromatic heterocycles. The smallest absolute Gasteiger partial charge is 0.163 e. The molecule has 0 saturated heterocycles. The summed E-state index contributed by atoms with van der Waals surface area (Å²) < 4.78 is 26.9. The quantitative estimate of drug-likeness (QED) is 0.899. The molecule has 4 heteroatoms. The Morgan fingerprint density at radius 2 is 2.00 bits per heavy atom. The van der Waals surface area contributed by atoms with Crippen molar-refractivity contribution < 1.29 is 8.78 Å². The third-order valence-corrected chi connectivity index (χ3v) is 3.39. The van der Waals surface area contributed by atoms with Gasteiger partial charge in [-0.3, -0.25) is 4.98 Å². The predicted molar refractivity (Wildman–Crippen MR) is 75.2 cm³/mol. The van der Waals surface area contributed by atoms with E-state index in [9.17, 15) is 8.78 Å². The Morgan fingerprint density at radius 3 is 2.75 bits per heavy atom. The highest BCUT2D eigenvalue weighted by Gasteiger charge is 2.14. The summed E-state index contributed by atoms with van der Waals surface area (Å²) in [4.78, 5) is 4.32. The van der Waals surface area contributed by atoms with Gasteiger partial charge in [-0.15, -0.1) is 0 Å². The Kier molecular flexibility index (Phi) is 4.79. The monoisotopic (exact) mass is 276 g/mol. The SMILES string of the molecule is CCc1cccnc1CNC(C)c1cccc(F)c1F. The van der Waals surface area contributed by atoms with Gasteiger partial charge in [0.2, 0.25) is 0 Å². The lowest BCUT2D eigenvalue weighted by Crippen LogP contribution is -2.21. The fourth-order valence-electron chi connectivity index (χ4n) is 2.17. The molecule has 1 unspecified atom stereocenters. The van der Waals surface area contributed by atoms with Crippen molar-refractivity contribution in [3.8, 4) is 0 Å². The van der Waals surface area contributed by atoms with Crippen LogP contribution in [-0.2, 0) is 13.0 Å². The van der Waals surface area contributed by atoms with E-state index in [-0.39, 0.29) is 6.04 Å². The zero-order chi connectivity index (χ0) is 14.5. The minimum absolute atomic E-state index is 0.280. The number of aryl methyl sites for hydroxylation is 1. The molecule has 1 aromatic carbocycles. The molecule has 2 aromatic rings. The molecule has 1 heterocycles. The topological polar surface area (TPSA) is 24.9 Å². The molecule has 0 spiro atoms. The predicted octanol–water partition coefficient (Wildman–Crippen LogP) is 3.77. The number of aromatic nitrogens is 1. The first-order valence-corrected chi connectivity index (χ1v) is 6.73. The number of hydrogen-bond donors (Lipinski definition) is 1. The lowest BCUT2D eigenvalue weighted by Gasteiger charge is -2.16. The standard InChI is InChI=1S/C16H18F2N2/c1-3-12-6-5-9-19-15(12)10-20-11(2)13-7-4-8-14(17)16(13)18/h4-9,11,20H,3,10H2,1-2H3. The number of pyridine rings is 1. The molecule has 2 nitrogen and oxygen atoms in total. The van der Waals surface area contributed by atoms with E-state index in [1.54, 1.807) is 12.3 Å². The molecule has 106 valence electrons. The van der Waals surface area contributed by atoms with Crippen molar-refractivity contribution >= 4 is 0 Å². The number of rotatable bonds is 5. The third-order valence-electron chi connectivity index (χ3n) is 3.39. The highest BCUT2D eigenvalue weighted by molar-refractivity contribution is 5.23. The second-order valence-corrected chi connectivity index (χ2v) is 4.71. The first-order valence-electron chi connectivity index (χ1n) is 6.73. The van der Waals surface area contributed by atoms with Gasteiger partial charge in [0.1, 0.15) is 0 Å². The van der Waals surface area contributed by atoms with E-state index in [0.717, 1.165) is 23.7 Å². The van der Waals surface area contributed by atoms with Crippen molar-refractivity contribution in [1.29, 1.82) is 0 Å². The van der Waals surface area contributed by atoms with Crippen molar-refractivity contribution in [3.63, 3.8) is 0 Å². The summed E-state index contributed by atoms with van der Waals surface area (Å²) in [5, 5.41) is 3.19. The van der Waals surface area contributed by atoms with Gasteiger partial charge in [-0.1, -0.05) is 25.1 Å². The van der Waals surface area contributed by atoms with Crippen LogP contribution in [0.5, 0.6) is 0 Å². The van der Waals surface area contributed by atoms with Crippen LogP contribution >= 0.6 is 0 Å². The highest BCUT2D eigenvalue weighted by Crippen LogP contribution is 2.19. The molecule has 0 aliphatic carbocycles. The molecule has 1 N–H and O–H groups in total. The van der Waals surface area contributed by atoms with Crippen molar-refractivity contribution in [2.45, 2.75) is 32.9 Å². The maximum absolute atomic E-state index is 13.7. The third kappa shape index (κ3) is 3.20. The van der Waals surface area contributed by atoms with Gasteiger partial charge in [-0.05, 0) is 31.0 Å². The minimum atomic E-state index is -0.816. The molecule has 0 radical (unpaired) electrons. The molecule has 0 amide bonds. The summed E-state index contributed by atoms with van der Waals surface area (Å²) in [5.41, 5.74) is 2.43. The van der Waals surface area contributed by atoms with E-state index < -0.39 is 11.6 Å². The first-order chi connectivity index (χ1) is 9.63. The summed E-state index contributed by atoms with van der Waals surface area (Å²) in [6.07, 6.45) is 2.64. The summed E-state index contributed by atoms with van der Waals surface area (Å²) in [5.74, 6) is -1.60. The van der Waals surface area contributed by atoms with Crippen LogP contribution in [0, 0.1) is 11.6 Å². The Bertz CT molecular complexity index is 584. The molecular formula is C16H18F2N2. The van der Waals surface area contributed by atoms with Crippen molar-refractivity contribution in [1.82, 2.24) is 10.3 Å². The molecular weight excluding hydrogens is 258 g/mol.